The summed E-state index contributed by atoms with van der Waals surface area (Å²) in [6.45, 7) is 4.58. The molecule has 0 amide bonds. The Morgan fingerprint density at radius 1 is 1.35 bits per heavy atom. The summed E-state index contributed by atoms with van der Waals surface area (Å²) in [6, 6.07) is 9.49. The Morgan fingerprint density at radius 3 is 2.74 bits per heavy atom. The fraction of sp³-hybridized carbons (Fsp3) is 0.353. The normalized spacial score (nSPS) is 12.4. The van der Waals surface area contributed by atoms with Gasteiger partial charge < -0.3 is 10.6 Å². The third kappa shape index (κ3) is 6.10. The summed E-state index contributed by atoms with van der Waals surface area (Å²) in [4.78, 5) is 5.56. The van der Waals surface area contributed by atoms with E-state index in [-0.39, 0.29) is 35.8 Å². The Labute approximate surface area is 158 Å². The van der Waals surface area contributed by atoms with E-state index in [2.05, 4.69) is 33.1 Å². The number of halogens is 2. The molecule has 0 aliphatic rings. The largest absolute Gasteiger partial charge is 0.356 e. The van der Waals surface area contributed by atoms with E-state index in [0.717, 1.165) is 24.5 Å². The molecule has 1 heterocycles. The molecule has 23 heavy (non-hydrogen) atoms. The third-order valence-electron chi connectivity index (χ3n) is 3.52. The molecule has 2 aromatic rings. The molecule has 1 aromatic heterocycles. The van der Waals surface area contributed by atoms with Gasteiger partial charge in [-0.1, -0.05) is 18.2 Å². The highest BCUT2D eigenvalue weighted by molar-refractivity contribution is 14.0. The smallest absolute Gasteiger partial charge is 0.191 e. The summed E-state index contributed by atoms with van der Waals surface area (Å²) in [5, 5.41) is 8.65. The van der Waals surface area contributed by atoms with Crippen molar-refractivity contribution in [2.24, 2.45) is 4.99 Å². The molecular weight excluding hydrogens is 424 g/mol. The maximum atomic E-state index is 13.6. The van der Waals surface area contributed by atoms with Crippen LogP contribution in [0.1, 0.15) is 29.0 Å². The monoisotopic (exact) mass is 447 g/mol. The van der Waals surface area contributed by atoms with Gasteiger partial charge >= 0.3 is 0 Å². The summed E-state index contributed by atoms with van der Waals surface area (Å²) >= 11 is 1.75. The van der Waals surface area contributed by atoms with Crippen molar-refractivity contribution in [2.75, 3.05) is 13.6 Å². The van der Waals surface area contributed by atoms with Gasteiger partial charge in [0.2, 0.25) is 0 Å². The van der Waals surface area contributed by atoms with Crippen LogP contribution in [0.15, 0.2) is 40.7 Å². The van der Waals surface area contributed by atoms with E-state index in [1.165, 1.54) is 4.88 Å². The Balaban J connectivity index is 0.00000264. The SMILES string of the molecule is CN=C(NCCc1cccs1)NC(C)c1ccc(C)c(F)c1.I. The molecule has 6 heteroatoms. The molecule has 0 saturated heterocycles. The molecule has 0 aliphatic heterocycles. The average molecular weight is 447 g/mol. The zero-order valence-corrected chi connectivity index (χ0v) is 16.7. The number of aliphatic imine (C=N–C) groups is 1. The lowest BCUT2D eigenvalue weighted by atomic mass is 10.1. The van der Waals surface area contributed by atoms with Gasteiger partial charge in [-0.15, -0.1) is 35.3 Å². The first-order chi connectivity index (χ1) is 10.6. The van der Waals surface area contributed by atoms with E-state index in [0.29, 0.717) is 5.56 Å². The number of nitrogens with one attached hydrogen (secondary N) is 2. The maximum absolute atomic E-state index is 13.6. The molecule has 2 N–H and O–H groups in total. The number of guanidine groups is 1. The van der Waals surface area contributed by atoms with Crippen LogP contribution in [0, 0.1) is 12.7 Å². The summed E-state index contributed by atoms with van der Waals surface area (Å²) in [5.41, 5.74) is 1.57. The van der Waals surface area contributed by atoms with Crippen molar-refractivity contribution in [3.63, 3.8) is 0 Å². The van der Waals surface area contributed by atoms with Gasteiger partial charge in [0, 0.05) is 18.5 Å². The predicted octanol–water partition coefficient (Wildman–Crippen LogP) is 4.28. The number of aryl methyl sites for hydroxylation is 1. The van der Waals surface area contributed by atoms with Gasteiger partial charge in [0.1, 0.15) is 5.82 Å². The van der Waals surface area contributed by atoms with Gasteiger partial charge in [-0.2, -0.15) is 0 Å². The molecule has 126 valence electrons. The highest BCUT2D eigenvalue weighted by Crippen LogP contribution is 2.16. The van der Waals surface area contributed by atoms with E-state index in [1.54, 1.807) is 37.4 Å². The second kappa shape index (κ2) is 9.87. The number of benzene rings is 1. The van der Waals surface area contributed by atoms with Crippen LogP contribution in [-0.4, -0.2) is 19.6 Å². The summed E-state index contributed by atoms with van der Waals surface area (Å²) in [7, 11) is 1.74. The van der Waals surface area contributed by atoms with Crippen molar-refractivity contribution in [1.82, 2.24) is 10.6 Å². The minimum absolute atomic E-state index is 0. The first-order valence-corrected chi connectivity index (χ1v) is 8.23. The molecule has 0 spiro atoms. The van der Waals surface area contributed by atoms with E-state index in [4.69, 9.17) is 0 Å². The molecule has 0 radical (unpaired) electrons. The Morgan fingerprint density at radius 2 is 2.13 bits per heavy atom. The lowest BCUT2D eigenvalue weighted by Crippen LogP contribution is -2.39. The van der Waals surface area contributed by atoms with Gasteiger partial charge in [-0.25, -0.2) is 4.39 Å². The van der Waals surface area contributed by atoms with Crippen LogP contribution in [0.2, 0.25) is 0 Å². The zero-order chi connectivity index (χ0) is 15.9. The number of rotatable bonds is 5. The summed E-state index contributed by atoms with van der Waals surface area (Å²) in [6.07, 6.45) is 0.964. The lowest BCUT2D eigenvalue weighted by Gasteiger charge is -2.18. The first-order valence-electron chi connectivity index (χ1n) is 7.35. The molecule has 0 bridgehead atoms. The molecular formula is C17H23FIN3S. The maximum Gasteiger partial charge on any atom is 0.191 e. The molecule has 1 unspecified atom stereocenters. The number of nitrogens with zero attached hydrogens (tertiary/aromatic N) is 1. The van der Waals surface area contributed by atoms with Gasteiger partial charge in [0.05, 0.1) is 6.04 Å². The second-order valence-corrected chi connectivity index (χ2v) is 6.24. The molecule has 3 nitrogen and oxygen atoms in total. The van der Waals surface area contributed by atoms with Crippen molar-refractivity contribution in [2.45, 2.75) is 26.3 Å². The van der Waals surface area contributed by atoms with E-state index in [1.807, 2.05) is 13.0 Å². The molecule has 0 fully saturated rings. The van der Waals surface area contributed by atoms with E-state index < -0.39 is 0 Å². The first kappa shape index (κ1) is 19.9. The molecule has 1 aromatic carbocycles. The minimum Gasteiger partial charge on any atom is -0.356 e. The van der Waals surface area contributed by atoms with Crippen LogP contribution in [0.4, 0.5) is 4.39 Å². The fourth-order valence-electron chi connectivity index (χ4n) is 2.12. The van der Waals surface area contributed by atoms with Crippen LogP contribution >= 0.6 is 35.3 Å². The van der Waals surface area contributed by atoms with Crippen molar-refractivity contribution in [3.8, 4) is 0 Å². The van der Waals surface area contributed by atoms with Crippen LogP contribution in [0.3, 0.4) is 0 Å². The number of hydrogen-bond donors (Lipinski definition) is 2. The standard InChI is InChI=1S/C17H22FN3S.HI/c1-12-6-7-14(11-16(12)18)13(2)21-17(19-3)20-9-8-15-5-4-10-22-15;/h4-7,10-11,13H,8-9H2,1-3H3,(H2,19,20,21);1H. The molecule has 2 rings (SSSR count). The summed E-state index contributed by atoms with van der Waals surface area (Å²) in [5.74, 6) is 0.553. The van der Waals surface area contributed by atoms with Crippen LogP contribution in [-0.2, 0) is 6.42 Å². The van der Waals surface area contributed by atoms with Crippen molar-refractivity contribution in [1.29, 1.82) is 0 Å². The van der Waals surface area contributed by atoms with E-state index in [9.17, 15) is 4.39 Å². The van der Waals surface area contributed by atoms with Crippen molar-refractivity contribution >= 4 is 41.3 Å². The lowest BCUT2D eigenvalue weighted by molar-refractivity contribution is 0.607. The zero-order valence-electron chi connectivity index (χ0n) is 13.6. The minimum atomic E-state index is -0.174. The highest BCUT2D eigenvalue weighted by atomic mass is 127. The van der Waals surface area contributed by atoms with Gasteiger partial charge in [-0.3, -0.25) is 4.99 Å². The van der Waals surface area contributed by atoms with Crippen LogP contribution in [0.5, 0.6) is 0 Å². The Bertz CT molecular complexity index is 629. The second-order valence-electron chi connectivity index (χ2n) is 5.20. The Hall–Kier alpha value is -1.15. The quantitative estimate of drug-likeness (QED) is 0.408. The van der Waals surface area contributed by atoms with Crippen LogP contribution in [0.25, 0.3) is 0 Å². The van der Waals surface area contributed by atoms with Crippen molar-refractivity contribution < 1.29 is 4.39 Å². The molecule has 0 saturated carbocycles. The predicted molar refractivity (Wildman–Crippen MR) is 107 cm³/mol. The Kier molecular flexibility index (Phi) is 8.54. The van der Waals surface area contributed by atoms with Gasteiger partial charge in [-0.05, 0) is 48.9 Å². The van der Waals surface area contributed by atoms with Gasteiger partial charge in [0.15, 0.2) is 5.96 Å². The fourth-order valence-corrected chi connectivity index (χ4v) is 2.83. The average Bonchev–Trinajstić information content (AvgIpc) is 3.02. The van der Waals surface area contributed by atoms with E-state index >= 15 is 0 Å². The summed E-state index contributed by atoms with van der Waals surface area (Å²) < 4.78 is 13.6. The van der Waals surface area contributed by atoms with Crippen LogP contribution < -0.4 is 10.6 Å². The number of hydrogen-bond acceptors (Lipinski definition) is 2. The molecule has 1 atom stereocenters. The third-order valence-corrected chi connectivity index (χ3v) is 4.45. The topological polar surface area (TPSA) is 36.4 Å². The van der Waals surface area contributed by atoms with Gasteiger partial charge in [0.25, 0.3) is 0 Å². The highest BCUT2D eigenvalue weighted by Gasteiger charge is 2.09. The molecule has 0 aliphatic carbocycles. The number of thiophene rings is 1. The van der Waals surface area contributed by atoms with Crippen molar-refractivity contribution in [3.05, 3.63) is 57.5 Å².